The molecule has 1 saturated heterocycles. The molecule has 9 nitrogen and oxygen atoms in total. The lowest BCUT2D eigenvalue weighted by atomic mass is 10.2. The Hall–Kier alpha value is -2.69. The number of hydrogen-bond acceptors (Lipinski definition) is 6. The van der Waals surface area contributed by atoms with Crippen molar-refractivity contribution < 1.29 is 22.7 Å². The number of nitrogens with one attached hydrogen (secondary N) is 1. The van der Waals surface area contributed by atoms with Crippen LogP contribution in [-0.4, -0.2) is 55.6 Å². The maximum atomic E-state index is 12.7. The molecule has 1 atom stereocenters. The number of rotatable bonds is 10. The van der Waals surface area contributed by atoms with Crippen molar-refractivity contribution in [1.82, 2.24) is 8.87 Å². The number of anilines is 1. The Labute approximate surface area is 188 Å². The van der Waals surface area contributed by atoms with Crippen LogP contribution in [0.5, 0.6) is 5.75 Å². The Morgan fingerprint density at radius 2 is 2.03 bits per heavy atom. The van der Waals surface area contributed by atoms with Gasteiger partial charge in [-0.1, -0.05) is 19.9 Å². The first-order valence-corrected chi connectivity index (χ1v) is 12.1. The van der Waals surface area contributed by atoms with E-state index >= 15 is 0 Å². The van der Waals surface area contributed by atoms with Crippen molar-refractivity contribution in [2.24, 2.45) is 0 Å². The van der Waals surface area contributed by atoms with Gasteiger partial charge >= 0.3 is 0 Å². The van der Waals surface area contributed by atoms with Crippen LogP contribution in [0.3, 0.4) is 0 Å². The van der Waals surface area contributed by atoms with Crippen LogP contribution in [0, 0.1) is 0 Å². The standard InChI is InChI=1S/C22H29N3O6S/c1-3-25(4-2)32(28,29)20-10-11-22(27)24(14-20)15-21(26)23-17-7-5-8-18(13-17)31-16-19-9-6-12-30-19/h5,7-8,10-11,13-14,19H,3-4,6,9,12,15-16H2,1-2H3,(H,23,26). The zero-order chi connectivity index (χ0) is 23.1. The smallest absolute Gasteiger partial charge is 0.251 e. The summed E-state index contributed by atoms with van der Waals surface area (Å²) in [5, 5.41) is 2.72. The second-order valence-corrected chi connectivity index (χ2v) is 9.38. The number of pyridine rings is 1. The van der Waals surface area contributed by atoms with Crippen LogP contribution in [0.25, 0.3) is 0 Å². The summed E-state index contributed by atoms with van der Waals surface area (Å²) >= 11 is 0. The summed E-state index contributed by atoms with van der Waals surface area (Å²) < 4.78 is 39.1. The van der Waals surface area contributed by atoms with Gasteiger partial charge in [0.25, 0.3) is 5.56 Å². The number of aromatic nitrogens is 1. The van der Waals surface area contributed by atoms with Crippen molar-refractivity contribution in [3.63, 3.8) is 0 Å². The van der Waals surface area contributed by atoms with Gasteiger partial charge in [-0.05, 0) is 31.0 Å². The SMILES string of the molecule is CCN(CC)S(=O)(=O)c1ccc(=O)n(CC(=O)Nc2cccc(OCC3CCCO3)c2)c1. The summed E-state index contributed by atoms with van der Waals surface area (Å²) in [6, 6.07) is 9.36. The fourth-order valence-corrected chi connectivity index (χ4v) is 4.96. The summed E-state index contributed by atoms with van der Waals surface area (Å²) in [5.74, 6) is 0.142. The molecule has 0 bridgehead atoms. The topological polar surface area (TPSA) is 107 Å². The molecule has 2 aromatic rings. The van der Waals surface area contributed by atoms with E-state index in [1.165, 1.54) is 16.6 Å². The zero-order valence-electron chi connectivity index (χ0n) is 18.3. The number of hydrogen-bond donors (Lipinski definition) is 1. The molecule has 32 heavy (non-hydrogen) atoms. The van der Waals surface area contributed by atoms with Gasteiger partial charge in [-0.2, -0.15) is 4.31 Å². The maximum absolute atomic E-state index is 12.7. The van der Waals surface area contributed by atoms with Crippen molar-refractivity contribution in [3.8, 4) is 5.75 Å². The van der Waals surface area contributed by atoms with Crippen molar-refractivity contribution in [3.05, 3.63) is 52.9 Å². The van der Waals surface area contributed by atoms with Gasteiger partial charge < -0.3 is 19.4 Å². The number of benzene rings is 1. The Morgan fingerprint density at radius 1 is 1.25 bits per heavy atom. The lowest BCUT2D eigenvalue weighted by Gasteiger charge is -2.19. The summed E-state index contributed by atoms with van der Waals surface area (Å²) in [7, 11) is -3.74. The molecule has 3 rings (SSSR count). The third kappa shape index (κ3) is 5.96. The van der Waals surface area contributed by atoms with Crippen molar-refractivity contribution in [2.45, 2.75) is 44.2 Å². The number of nitrogens with zero attached hydrogens (tertiary/aromatic N) is 2. The lowest BCUT2D eigenvalue weighted by Crippen LogP contribution is -2.33. The van der Waals surface area contributed by atoms with Crippen LogP contribution in [0.15, 0.2) is 52.3 Å². The molecule has 1 aliphatic heterocycles. The maximum Gasteiger partial charge on any atom is 0.251 e. The molecule has 0 aliphatic carbocycles. The number of ether oxygens (including phenoxy) is 2. The first-order valence-electron chi connectivity index (χ1n) is 10.7. The van der Waals surface area contributed by atoms with E-state index in [1.54, 1.807) is 38.1 Å². The van der Waals surface area contributed by atoms with E-state index in [4.69, 9.17) is 9.47 Å². The molecule has 1 aromatic heterocycles. The Morgan fingerprint density at radius 3 is 2.72 bits per heavy atom. The number of sulfonamides is 1. The third-order valence-electron chi connectivity index (χ3n) is 5.19. The van der Waals surface area contributed by atoms with Crippen LogP contribution in [-0.2, 0) is 26.1 Å². The van der Waals surface area contributed by atoms with Gasteiger partial charge in [-0.15, -0.1) is 0 Å². The van der Waals surface area contributed by atoms with Crippen LogP contribution in [0.4, 0.5) is 5.69 Å². The predicted octanol–water partition coefficient (Wildman–Crippen LogP) is 2.08. The minimum atomic E-state index is -3.74. The lowest BCUT2D eigenvalue weighted by molar-refractivity contribution is -0.116. The normalized spacial score (nSPS) is 16.3. The van der Waals surface area contributed by atoms with E-state index in [-0.39, 0.29) is 17.5 Å². The van der Waals surface area contributed by atoms with Crippen LogP contribution >= 0.6 is 0 Å². The molecule has 1 unspecified atom stereocenters. The first-order chi connectivity index (χ1) is 15.3. The molecule has 0 saturated carbocycles. The molecule has 1 aliphatic rings. The molecule has 0 radical (unpaired) electrons. The van der Waals surface area contributed by atoms with E-state index in [0.29, 0.717) is 31.1 Å². The van der Waals surface area contributed by atoms with Gasteiger partial charge in [0.1, 0.15) is 18.9 Å². The fourth-order valence-electron chi connectivity index (χ4n) is 3.48. The Kier molecular flexibility index (Phi) is 8.05. The molecule has 0 spiro atoms. The molecule has 10 heteroatoms. The van der Waals surface area contributed by atoms with E-state index in [1.807, 2.05) is 0 Å². The average molecular weight is 464 g/mol. The molecule has 1 N–H and O–H groups in total. The minimum absolute atomic E-state index is 0.0295. The molecule has 2 heterocycles. The van der Waals surface area contributed by atoms with E-state index in [9.17, 15) is 18.0 Å². The first kappa shape index (κ1) is 24.0. The summed E-state index contributed by atoms with van der Waals surface area (Å²) in [4.78, 5) is 24.7. The fraction of sp³-hybridized carbons (Fsp3) is 0.455. The van der Waals surface area contributed by atoms with Gasteiger partial charge in [0.2, 0.25) is 15.9 Å². The second kappa shape index (κ2) is 10.8. The predicted molar refractivity (Wildman–Crippen MR) is 120 cm³/mol. The molecule has 174 valence electrons. The van der Waals surface area contributed by atoms with E-state index in [2.05, 4.69) is 5.32 Å². The quantitative estimate of drug-likeness (QED) is 0.578. The highest BCUT2D eigenvalue weighted by atomic mass is 32.2. The van der Waals surface area contributed by atoms with Crippen LogP contribution in [0.2, 0.25) is 0 Å². The highest BCUT2D eigenvalue weighted by Gasteiger charge is 2.22. The van der Waals surface area contributed by atoms with Crippen molar-refractivity contribution in [2.75, 3.05) is 31.6 Å². The molecule has 1 fully saturated rings. The van der Waals surface area contributed by atoms with Crippen molar-refractivity contribution in [1.29, 1.82) is 0 Å². The van der Waals surface area contributed by atoms with Crippen molar-refractivity contribution >= 4 is 21.6 Å². The molecule has 1 aromatic carbocycles. The largest absolute Gasteiger partial charge is 0.491 e. The third-order valence-corrected chi connectivity index (χ3v) is 7.22. The molecule has 1 amide bonds. The zero-order valence-corrected chi connectivity index (χ0v) is 19.1. The summed E-state index contributed by atoms with van der Waals surface area (Å²) in [6.07, 6.45) is 3.28. The van der Waals surface area contributed by atoms with Crippen LogP contribution in [0.1, 0.15) is 26.7 Å². The molecular weight excluding hydrogens is 434 g/mol. The van der Waals surface area contributed by atoms with Crippen LogP contribution < -0.4 is 15.6 Å². The Bertz CT molecular complexity index is 1090. The minimum Gasteiger partial charge on any atom is -0.491 e. The molecular formula is C22H29N3O6S. The number of carbonyl (C=O) groups excluding carboxylic acids is 1. The summed E-state index contributed by atoms with van der Waals surface area (Å²) in [6.45, 7) is 4.97. The van der Waals surface area contributed by atoms with Gasteiger partial charge in [-0.25, -0.2) is 8.42 Å². The summed E-state index contributed by atoms with van der Waals surface area (Å²) in [5.41, 5.74) is 0.0482. The average Bonchev–Trinajstić information content (AvgIpc) is 3.28. The van der Waals surface area contributed by atoms with Gasteiger partial charge in [0.15, 0.2) is 0 Å². The van der Waals surface area contributed by atoms with Gasteiger partial charge in [0.05, 0.1) is 11.0 Å². The van der Waals surface area contributed by atoms with E-state index < -0.39 is 21.5 Å². The highest BCUT2D eigenvalue weighted by Crippen LogP contribution is 2.20. The number of carbonyl (C=O) groups is 1. The van der Waals surface area contributed by atoms with Gasteiger partial charge in [-0.3, -0.25) is 9.59 Å². The monoisotopic (exact) mass is 463 g/mol. The Balaban J connectivity index is 1.67. The highest BCUT2D eigenvalue weighted by molar-refractivity contribution is 7.89. The number of amides is 1. The van der Waals surface area contributed by atoms with E-state index in [0.717, 1.165) is 30.1 Å². The second-order valence-electron chi connectivity index (χ2n) is 7.44. The van der Waals surface area contributed by atoms with Gasteiger partial charge in [0, 0.05) is 43.7 Å².